The number of hydrogen-bond acceptors (Lipinski definition) is 6. The van der Waals surface area contributed by atoms with Crippen molar-refractivity contribution in [1.82, 2.24) is 9.88 Å². The molecule has 0 saturated carbocycles. The van der Waals surface area contributed by atoms with Gasteiger partial charge in [-0.2, -0.15) is 0 Å². The highest BCUT2D eigenvalue weighted by Gasteiger charge is 2.24. The maximum Gasteiger partial charge on any atom is 0.166 e. The van der Waals surface area contributed by atoms with Crippen LogP contribution in [-0.4, -0.2) is 62.2 Å². The van der Waals surface area contributed by atoms with Gasteiger partial charge in [-0.25, -0.2) is 4.98 Å². The Balaban J connectivity index is 1.90. The van der Waals surface area contributed by atoms with Crippen LogP contribution >= 0.6 is 11.8 Å². The molecule has 0 N–H and O–H groups in total. The molecule has 26 heavy (non-hydrogen) atoms. The highest BCUT2D eigenvalue weighted by atomic mass is 32.2. The Morgan fingerprint density at radius 3 is 2.81 bits per heavy atom. The first-order chi connectivity index (χ1) is 12.7. The summed E-state index contributed by atoms with van der Waals surface area (Å²) in [6.07, 6.45) is 0. The number of thioether (sulfide) groups is 1. The topological polar surface area (TPSA) is 56.2 Å². The molecule has 2 heterocycles. The molecule has 6 nitrogen and oxygen atoms in total. The molecule has 2 aromatic rings. The Kier molecular flexibility index (Phi) is 6.71. The van der Waals surface area contributed by atoms with Gasteiger partial charge in [0.1, 0.15) is 10.8 Å². The maximum absolute atomic E-state index is 5.61. The zero-order valence-electron chi connectivity index (χ0n) is 15.5. The predicted octanol–water partition coefficient (Wildman–Crippen LogP) is 3.19. The van der Waals surface area contributed by atoms with Crippen molar-refractivity contribution in [3.8, 4) is 5.75 Å². The van der Waals surface area contributed by atoms with Crippen molar-refractivity contribution in [2.75, 3.05) is 47.1 Å². The van der Waals surface area contributed by atoms with Crippen LogP contribution in [-0.2, 0) is 16.0 Å². The monoisotopic (exact) mass is 375 g/mol. The van der Waals surface area contributed by atoms with E-state index in [2.05, 4.69) is 22.0 Å². The summed E-state index contributed by atoms with van der Waals surface area (Å²) in [5.74, 6) is 0.878. The number of fused-ring (bicyclic) bond motifs is 2. The van der Waals surface area contributed by atoms with Crippen LogP contribution in [0.15, 0.2) is 34.3 Å². The maximum atomic E-state index is 5.61. The number of nitrogens with zero attached hydrogens (tertiary/aromatic N) is 3. The first kappa shape index (κ1) is 18.9. The zero-order chi connectivity index (χ0) is 18.4. The van der Waals surface area contributed by atoms with Crippen molar-refractivity contribution in [1.29, 1.82) is 0 Å². The number of rotatable bonds is 8. The summed E-state index contributed by atoms with van der Waals surface area (Å²) in [6, 6.07) is 8.24. The van der Waals surface area contributed by atoms with Gasteiger partial charge in [-0.15, -0.1) is 0 Å². The molecule has 0 spiro atoms. The van der Waals surface area contributed by atoms with Crippen LogP contribution in [0.25, 0.3) is 10.9 Å². The Bertz CT molecular complexity index is 782. The van der Waals surface area contributed by atoms with Crippen LogP contribution in [0, 0.1) is 0 Å². The molecular weight excluding hydrogens is 350 g/mol. The lowest BCUT2D eigenvalue weighted by atomic mass is 10.1. The van der Waals surface area contributed by atoms with Gasteiger partial charge < -0.3 is 19.1 Å². The fourth-order valence-corrected chi connectivity index (χ4v) is 3.82. The molecule has 0 bridgehead atoms. The van der Waals surface area contributed by atoms with Crippen LogP contribution in [0.5, 0.6) is 5.75 Å². The lowest BCUT2D eigenvalue weighted by Crippen LogP contribution is -2.35. The van der Waals surface area contributed by atoms with Gasteiger partial charge in [0.2, 0.25) is 0 Å². The van der Waals surface area contributed by atoms with Crippen molar-refractivity contribution in [2.45, 2.75) is 18.5 Å². The molecular formula is C19H25N3O3S. The van der Waals surface area contributed by atoms with E-state index in [1.54, 1.807) is 26.0 Å². The summed E-state index contributed by atoms with van der Waals surface area (Å²) in [4.78, 5) is 11.8. The number of ether oxygens (including phenoxy) is 3. The molecule has 1 aliphatic heterocycles. The Labute approximate surface area is 158 Å². The molecule has 0 saturated heterocycles. The van der Waals surface area contributed by atoms with Gasteiger partial charge in [0.05, 0.1) is 31.9 Å². The van der Waals surface area contributed by atoms with E-state index in [-0.39, 0.29) is 0 Å². The van der Waals surface area contributed by atoms with Crippen LogP contribution in [0.2, 0.25) is 0 Å². The second-order valence-electron chi connectivity index (χ2n) is 5.91. The van der Waals surface area contributed by atoms with E-state index < -0.39 is 0 Å². The third-order valence-corrected chi connectivity index (χ3v) is 5.18. The second kappa shape index (κ2) is 9.21. The fraction of sp³-hybridized carbons (Fsp3) is 0.474. The van der Waals surface area contributed by atoms with Gasteiger partial charge >= 0.3 is 0 Å². The molecule has 1 aliphatic rings. The van der Waals surface area contributed by atoms with E-state index in [0.29, 0.717) is 26.4 Å². The van der Waals surface area contributed by atoms with Crippen molar-refractivity contribution in [2.24, 2.45) is 4.99 Å². The first-order valence-electron chi connectivity index (χ1n) is 8.76. The summed E-state index contributed by atoms with van der Waals surface area (Å²) < 4.78 is 16.0. The average molecular weight is 375 g/mol. The average Bonchev–Trinajstić information content (AvgIpc) is 2.65. The van der Waals surface area contributed by atoms with Gasteiger partial charge in [0, 0.05) is 38.3 Å². The molecule has 0 unspecified atom stereocenters. The van der Waals surface area contributed by atoms with Crippen LogP contribution in [0.3, 0.4) is 0 Å². The molecule has 3 rings (SSSR count). The van der Waals surface area contributed by atoms with Crippen LogP contribution < -0.4 is 4.74 Å². The van der Waals surface area contributed by atoms with Crippen molar-refractivity contribution >= 4 is 27.8 Å². The molecule has 0 radical (unpaired) electrons. The summed E-state index contributed by atoms with van der Waals surface area (Å²) >= 11 is 1.62. The van der Waals surface area contributed by atoms with Crippen molar-refractivity contribution in [3.05, 3.63) is 29.8 Å². The SMILES string of the molecule is CCOc1ccc2nc3c(cc2c1)CN(CCOC)C(=NCCOC)S3. The highest BCUT2D eigenvalue weighted by molar-refractivity contribution is 8.13. The Morgan fingerprint density at radius 2 is 2.04 bits per heavy atom. The largest absolute Gasteiger partial charge is 0.494 e. The van der Waals surface area contributed by atoms with E-state index in [9.17, 15) is 0 Å². The number of aromatic nitrogens is 1. The third-order valence-electron chi connectivity index (χ3n) is 4.06. The number of amidine groups is 1. The summed E-state index contributed by atoms with van der Waals surface area (Å²) in [7, 11) is 3.41. The second-order valence-corrected chi connectivity index (χ2v) is 6.87. The summed E-state index contributed by atoms with van der Waals surface area (Å²) in [5, 5.41) is 3.10. The minimum absolute atomic E-state index is 0.611. The Morgan fingerprint density at radius 1 is 1.19 bits per heavy atom. The molecule has 1 aromatic carbocycles. The molecule has 0 aliphatic carbocycles. The van der Waals surface area contributed by atoms with Crippen LogP contribution in [0.1, 0.15) is 12.5 Å². The summed E-state index contributed by atoms with van der Waals surface area (Å²) in [6.45, 7) is 6.14. The standard InChI is InChI=1S/C19H25N3O3S/c1-4-25-16-5-6-17-14(12-16)11-15-13-22(8-10-24-3)19(20-7-9-23-2)26-18(15)21-17/h5-6,11-12H,4,7-10,13H2,1-3H3. The van der Waals surface area contributed by atoms with Gasteiger partial charge in [0.25, 0.3) is 0 Å². The van der Waals surface area contributed by atoms with Crippen molar-refractivity contribution in [3.63, 3.8) is 0 Å². The van der Waals surface area contributed by atoms with E-state index in [4.69, 9.17) is 19.2 Å². The molecule has 0 amide bonds. The van der Waals surface area contributed by atoms with E-state index in [0.717, 1.165) is 39.9 Å². The number of benzene rings is 1. The minimum atomic E-state index is 0.611. The molecule has 0 atom stereocenters. The lowest BCUT2D eigenvalue weighted by molar-refractivity contribution is 0.174. The fourth-order valence-electron chi connectivity index (χ4n) is 2.80. The summed E-state index contributed by atoms with van der Waals surface area (Å²) in [5.41, 5.74) is 2.18. The highest BCUT2D eigenvalue weighted by Crippen LogP contribution is 2.33. The quantitative estimate of drug-likeness (QED) is 0.661. The van der Waals surface area contributed by atoms with E-state index in [1.165, 1.54) is 5.56 Å². The lowest BCUT2D eigenvalue weighted by Gasteiger charge is -2.30. The smallest absolute Gasteiger partial charge is 0.166 e. The molecule has 140 valence electrons. The number of methoxy groups -OCH3 is 2. The molecule has 7 heteroatoms. The van der Waals surface area contributed by atoms with E-state index >= 15 is 0 Å². The van der Waals surface area contributed by atoms with E-state index in [1.807, 2.05) is 19.1 Å². The Hall–Kier alpha value is -1.83. The number of aliphatic imine (C=N–C) groups is 1. The van der Waals surface area contributed by atoms with Crippen LogP contribution in [0.4, 0.5) is 0 Å². The normalized spacial score (nSPS) is 15.5. The van der Waals surface area contributed by atoms with Gasteiger partial charge in [-0.05, 0) is 43.0 Å². The predicted molar refractivity (Wildman–Crippen MR) is 105 cm³/mol. The molecule has 0 fully saturated rings. The number of pyridine rings is 1. The zero-order valence-corrected chi connectivity index (χ0v) is 16.3. The first-order valence-corrected chi connectivity index (χ1v) is 9.58. The van der Waals surface area contributed by atoms with Gasteiger partial charge in [0.15, 0.2) is 5.17 Å². The molecule has 1 aromatic heterocycles. The van der Waals surface area contributed by atoms with Crippen molar-refractivity contribution < 1.29 is 14.2 Å². The van der Waals surface area contributed by atoms with Gasteiger partial charge in [-0.3, -0.25) is 4.99 Å². The minimum Gasteiger partial charge on any atom is -0.494 e. The number of hydrogen-bond donors (Lipinski definition) is 0. The van der Waals surface area contributed by atoms with Gasteiger partial charge in [-0.1, -0.05) is 0 Å². The third kappa shape index (κ3) is 4.47.